The highest BCUT2D eigenvalue weighted by atomic mass is 35.5. The molecule has 2 rings (SSSR count). The van der Waals surface area contributed by atoms with Crippen molar-refractivity contribution in [1.82, 2.24) is 10.9 Å². The fraction of sp³-hybridized carbons (Fsp3) is 0.300. The van der Waals surface area contributed by atoms with Gasteiger partial charge in [0.05, 0.1) is 5.02 Å². The van der Waals surface area contributed by atoms with Gasteiger partial charge in [-0.25, -0.2) is 0 Å². The van der Waals surface area contributed by atoms with E-state index in [2.05, 4.69) is 17.8 Å². The predicted molar refractivity (Wildman–Crippen MR) is 109 cm³/mol. The van der Waals surface area contributed by atoms with E-state index < -0.39 is 24.0 Å². The third-order valence-electron chi connectivity index (χ3n) is 3.89. The molecule has 2 aromatic rings. The van der Waals surface area contributed by atoms with Crippen LogP contribution in [0.1, 0.15) is 26.3 Å². The summed E-state index contributed by atoms with van der Waals surface area (Å²) in [4.78, 5) is 24.2. The van der Waals surface area contributed by atoms with E-state index in [0.717, 1.165) is 6.42 Å². The van der Waals surface area contributed by atoms with E-state index in [1.165, 1.54) is 18.6 Å². The molecule has 6 nitrogen and oxygen atoms in total. The van der Waals surface area contributed by atoms with Gasteiger partial charge in [0, 0.05) is 5.02 Å². The standard InChI is InChI=1S/C20H22Cl2N2O4/c1-4-14-5-8-16(9-6-14)27-12(2)19(25)23-24-20(26)13(3)28-18-10-7-15(21)11-17(18)22/h5-13H,4H2,1-3H3,(H,23,25)(H,24,26). The summed E-state index contributed by atoms with van der Waals surface area (Å²) in [7, 11) is 0. The van der Waals surface area contributed by atoms with Gasteiger partial charge in [-0.2, -0.15) is 0 Å². The third kappa shape index (κ3) is 6.32. The van der Waals surface area contributed by atoms with Crippen LogP contribution in [0.2, 0.25) is 10.0 Å². The predicted octanol–water partition coefficient (Wildman–Crippen LogP) is 3.94. The highest BCUT2D eigenvalue weighted by molar-refractivity contribution is 6.35. The van der Waals surface area contributed by atoms with E-state index in [1.807, 2.05) is 12.1 Å². The number of benzene rings is 2. The third-order valence-corrected chi connectivity index (χ3v) is 4.42. The molecule has 150 valence electrons. The van der Waals surface area contributed by atoms with Gasteiger partial charge in [-0.15, -0.1) is 0 Å². The lowest BCUT2D eigenvalue weighted by atomic mass is 10.2. The molecule has 2 aromatic carbocycles. The largest absolute Gasteiger partial charge is 0.481 e. The zero-order chi connectivity index (χ0) is 20.7. The number of aryl methyl sites for hydroxylation is 1. The number of halogens is 2. The topological polar surface area (TPSA) is 76.7 Å². The second-order valence-corrected chi connectivity index (χ2v) is 6.91. The van der Waals surface area contributed by atoms with Crippen LogP contribution in [0.3, 0.4) is 0 Å². The second-order valence-electron chi connectivity index (χ2n) is 6.07. The van der Waals surface area contributed by atoms with Gasteiger partial charge in [0.1, 0.15) is 11.5 Å². The van der Waals surface area contributed by atoms with E-state index in [1.54, 1.807) is 31.2 Å². The fourth-order valence-corrected chi connectivity index (χ4v) is 2.66. The Hall–Kier alpha value is -2.44. The minimum absolute atomic E-state index is 0.285. The summed E-state index contributed by atoms with van der Waals surface area (Å²) in [6.45, 7) is 5.17. The zero-order valence-electron chi connectivity index (χ0n) is 15.8. The number of amides is 2. The Morgan fingerprint density at radius 2 is 1.50 bits per heavy atom. The molecule has 0 saturated heterocycles. The maximum atomic E-state index is 12.1. The first-order valence-electron chi connectivity index (χ1n) is 8.77. The average molecular weight is 425 g/mol. The summed E-state index contributed by atoms with van der Waals surface area (Å²) in [5, 5.41) is 0.743. The lowest BCUT2D eigenvalue weighted by molar-refractivity contribution is -0.135. The summed E-state index contributed by atoms with van der Waals surface area (Å²) in [6.07, 6.45) is -0.768. The quantitative estimate of drug-likeness (QED) is 0.659. The Morgan fingerprint density at radius 3 is 2.04 bits per heavy atom. The minimum atomic E-state index is -0.892. The fourth-order valence-electron chi connectivity index (χ4n) is 2.20. The first-order chi connectivity index (χ1) is 13.3. The Kier molecular flexibility index (Phi) is 7.96. The Morgan fingerprint density at radius 1 is 0.929 bits per heavy atom. The first-order valence-corrected chi connectivity index (χ1v) is 9.52. The number of hydrazine groups is 1. The van der Waals surface area contributed by atoms with Gasteiger partial charge in [-0.1, -0.05) is 42.3 Å². The number of hydrogen-bond donors (Lipinski definition) is 2. The molecule has 0 aromatic heterocycles. The molecule has 0 heterocycles. The molecule has 2 atom stereocenters. The van der Waals surface area contributed by atoms with Crippen LogP contribution in [0.4, 0.5) is 0 Å². The van der Waals surface area contributed by atoms with Crippen molar-refractivity contribution in [3.63, 3.8) is 0 Å². The van der Waals surface area contributed by atoms with Gasteiger partial charge in [-0.05, 0) is 56.2 Å². The zero-order valence-corrected chi connectivity index (χ0v) is 17.3. The van der Waals surface area contributed by atoms with Crippen molar-refractivity contribution in [2.24, 2.45) is 0 Å². The van der Waals surface area contributed by atoms with Gasteiger partial charge in [0.25, 0.3) is 11.8 Å². The van der Waals surface area contributed by atoms with E-state index in [0.29, 0.717) is 16.5 Å². The molecule has 28 heavy (non-hydrogen) atoms. The number of ether oxygens (including phenoxy) is 2. The summed E-state index contributed by atoms with van der Waals surface area (Å²) >= 11 is 11.8. The molecule has 8 heteroatoms. The van der Waals surface area contributed by atoms with Crippen molar-refractivity contribution in [3.8, 4) is 11.5 Å². The Labute approximate surface area is 174 Å². The SMILES string of the molecule is CCc1ccc(OC(C)C(=O)NNC(=O)C(C)Oc2ccc(Cl)cc2Cl)cc1. The van der Waals surface area contributed by atoms with Crippen molar-refractivity contribution in [3.05, 3.63) is 58.1 Å². The summed E-state index contributed by atoms with van der Waals surface area (Å²) in [5.74, 6) is -0.156. The van der Waals surface area contributed by atoms with E-state index in [4.69, 9.17) is 32.7 Å². The summed E-state index contributed by atoms with van der Waals surface area (Å²) < 4.78 is 11.1. The molecular weight excluding hydrogens is 403 g/mol. The van der Waals surface area contributed by atoms with Crippen LogP contribution in [0.5, 0.6) is 11.5 Å². The van der Waals surface area contributed by atoms with Crippen molar-refractivity contribution in [2.75, 3.05) is 0 Å². The smallest absolute Gasteiger partial charge is 0.279 e. The molecule has 0 spiro atoms. The average Bonchev–Trinajstić information content (AvgIpc) is 2.68. The maximum absolute atomic E-state index is 12.1. The van der Waals surface area contributed by atoms with Gasteiger partial charge in [0.15, 0.2) is 12.2 Å². The molecule has 2 amide bonds. The van der Waals surface area contributed by atoms with E-state index in [9.17, 15) is 9.59 Å². The lowest BCUT2D eigenvalue weighted by Gasteiger charge is -2.18. The van der Waals surface area contributed by atoms with Gasteiger partial charge in [0.2, 0.25) is 0 Å². The van der Waals surface area contributed by atoms with E-state index >= 15 is 0 Å². The summed E-state index contributed by atoms with van der Waals surface area (Å²) in [5.41, 5.74) is 5.80. The monoisotopic (exact) mass is 424 g/mol. The first kappa shape index (κ1) is 21.9. The minimum Gasteiger partial charge on any atom is -0.481 e. The van der Waals surface area contributed by atoms with E-state index in [-0.39, 0.29) is 5.02 Å². The molecule has 0 saturated carbocycles. The van der Waals surface area contributed by atoms with Crippen molar-refractivity contribution in [1.29, 1.82) is 0 Å². The molecular formula is C20H22Cl2N2O4. The molecule has 2 N–H and O–H groups in total. The van der Waals surface area contributed by atoms with Crippen molar-refractivity contribution >= 4 is 35.0 Å². The normalized spacial score (nSPS) is 12.6. The molecule has 0 fully saturated rings. The Bertz CT molecular complexity index is 827. The summed E-state index contributed by atoms with van der Waals surface area (Å²) in [6, 6.07) is 12.1. The van der Waals surface area contributed by atoms with Crippen molar-refractivity contribution < 1.29 is 19.1 Å². The number of carbonyl (C=O) groups is 2. The second kappa shape index (κ2) is 10.2. The van der Waals surface area contributed by atoms with Gasteiger partial charge < -0.3 is 9.47 Å². The van der Waals surface area contributed by atoms with Gasteiger partial charge in [-0.3, -0.25) is 20.4 Å². The molecule has 0 radical (unpaired) electrons. The van der Waals surface area contributed by atoms with Crippen LogP contribution in [-0.2, 0) is 16.0 Å². The lowest BCUT2D eigenvalue weighted by Crippen LogP contribution is -2.50. The maximum Gasteiger partial charge on any atom is 0.279 e. The number of nitrogens with one attached hydrogen (secondary N) is 2. The molecule has 0 aliphatic heterocycles. The molecule has 0 aliphatic carbocycles. The van der Waals surface area contributed by atoms with Crippen LogP contribution in [0.15, 0.2) is 42.5 Å². The molecule has 0 aliphatic rings. The van der Waals surface area contributed by atoms with Crippen LogP contribution in [0, 0.1) is 0 Å². The van der Waals surface area contributed by atoms with Crippen LogP contribution >= 0.6 is 23.2 Å². The number of carbonyl (C=O) groups excluding carboxylic acids is 2. The number of rotatable bonds is 7. The Balaban J connectivity index is 1.82. The molecule has 2 unspecified atom stereocenters. The highest BCUT2D eigenvalue weighted by Gasteiger charge is 2.19. The van der Waals surface area contributed by atoms with Crippen LogP contribution < -0.4 is 20.3 Å². The van der Waals surface area contributed by atoms with Crippen LogP contribution in [0.25, 0.3) is 0 Å². The van der Waals surface area contributed by atoms with Crippen LogP contribution in [-0.4, -0.2) is 24.0 Å². The van der Waals surface area contributed by atoms with Crippen molar-refractivity contribution in [2.45, 2.75) is 39.4 Å². The highest BCUT2D eigenvalue weighted by Crippen LogP contribution is 2.28. The van der Waals surface area contributed by atoms with Gasteiger partial charge >= 0.3 is 0 Å². The number of hydrogen-bond acceptors (Lipinski definition) is 4. The molecule has 0 bridgehead atoms.